The zero-order chi connectivity index (χ0) is 18.7. The molecule has 1 aromatic rings. The Hall–Kier alpha value is -1.27. The SMILES string of the molecule is CCS(=O)(=O)NCCNC(=NC)NCC(C)Oc1cccc(OC)c1.I. The first kappa shape index (κ1) is 24.7. The number of methoxy groups -OCH3 is 1. The van der Waals surface area contributed by atoms with Crippen LogP contribution in [0, 0.1) is 0 Å². The summed E-state index contributed by atoms with van der Waals surface area (Å²) < 4.78 is 36.1. The van der Waals surface area contributed by atoms with Gasteiger partial charge in [-0.15, -0.1) is 24.0 Å². The van der Waals surface area contributed by atoms with Gasteiger partial charge >= 0.3 is 0 Å². The molecule has 1 rings (SSSR count). The summed E-state index contributed by atoms with van der Waals surface area (Å²) in [6.45, 7) is 4.81. The van der Waals surface area contributed by atoms with Crippen LogP contribution < -0.4 is 24.8 Å². The van der Waals surface area contributed by atoms with Crippen molar-refractivity contribution in [3.8, 4) is 11.5 Å². The molecule has 0 spiro atoms. The summed E-state index contributed by atoms with van der Waals surface area (Å²) in [5, 5.41) is 6.18. The molecule has 0 saturated carbocycles. The molecule has 0 saturated heterocycles. The van der Waals surface area contributed by atoms with Crippen molar-refractivity contribution in [1.82, 2.24) is 15.4 Å². The first-order valence-corrected chi connectivity index (χ1v) is 9.78. The van der Waals surface area contributed by atoms with E-state index in [2.05, 4.69) is 20.3 Å². The summed E-state index contributed by atoms with van der Waals surface area (Å²) in [5.74, 6) is 2.12. The smallest absolute Gasteiger partial charge is 0.211 e. The van der Waals surface area contributed by atoms with Crippen molar-refractivity contribution in [3.63, 3.8) is 0 Å². The molecule has 150 valence electrons. The van der Waals surface area contributed by atoms with Gasteiger partial charge in [0.1, 0.15) is 17.6 Å². The Balaban J connectivity index is 0.00000625. The van der Waals surface area contributed by atoms with Gasteiger partial charge in [0.25, 0.3) is 0 Å². The summed E-state index contributed by atoms with van der Waals surface area (Å²) in [4.78, 5) is 4.09. The summed E-state index contributed by atoms with van der Waals surface area (Å²) >= 11 is 0. The first-order valence-electron chi connectivity index (χ1n) is 8.12. The van der Waals surface area contributed by atoms with Crippen LogP contribution >= 0.6 is 24.0 Å². The monoisotopic (exact) mass is 500 g/mol. The average molecular weight is 500 g/mol. The van der Waals surface area contributed by atoms with Crippen LogP contribution in [0.4, 0.5) is 0 Å². The molecular weight excluding hydrogens is 471 g/mol. The minimum atomic E-state index is -3.17. The highest BCUT2D eigenvalue weighted by Gasteiger charge is 2.08. The Morgan fingerprint density at radius 2 is 1.92 bits per heavy atom. The molecule has 0 radical (unpaired) electrons. The van der Waals surface area contributed by atoms with Crippen LogP contribution in [-0.4, -0.2) is 60.0 Å². The molecule has 0 fully saturated rings. The molecule has 0 aliphatic carbocycles. The van der Waals surface area contributed by atoms with E-state index in [0.29, 0.717) is 25.6 Å². The molecule has 1 aromatic carbocycles. The van der Waals surface area contributed by atoms with Crippen molar-refractivity contribution in [2.24, 2.45) is 4.99 Å². The molecule has 8 nitrogen and oxygen atoms in total. The van der Waals surface area contributed by atoms with Gasteiger partial charge in [-0.1, -0.05) is 6.07 Å². The summed E-state index contributed by atoms with van der Waals surface area (Å²) in [5.41, 5.74) is 0. The van der Waals surface area contributed by atoms with E-state index in [4.69, 9.17) is 9.47 Å². The lowest BCUT2D eigenvalue weighted by molar-refractivity contribution is 0.223. The van der Waals surface area contributed by atoms with Gasteiger partial charge < -0.3 is 20.1 Å². The van der Waals surface area contributed by atoms with Gasteiger partial charge in [-0.05, 0) is 26.0 Å². The molecule has 0 aromatic heterocycles. The number of hydrogen-bond acceptors (Lipinski definition) is 5. The average Bonchev–Trinajstić information content (AvgIpc) is 2.61. The minimum absolute atomic E-state index is 0. The lowest BCUT2D eigenvalue weighted by Crippen LogP contribution is -2.44. The topological polar surface area (TPSA) is 101 Å². The first-order chi connectivity index (χ1) is 11.9. The van der Waals surface area contributed by atoms with Gasteiger partial charge in [0, 0.05) is 26.2 Å². The van der Waals surface area contributed by atoms with Crippen molar-refractivity contribution in [1.29, 1.82) is 0 Å². The highest BCUT2D eigenvalue weighted by Crippen LogP contribution is 2.19. The molecule has 0 aliphatic rings. The number of halogens is 1. The number of ether oxygens (including phenoxy) is 2. The van der Waals surface area contributed by atoms with Crippen LogP contribution in [0.2, 0.25) is 0 Å². The highest BCUT2D eigenvalue weighted by atomic mass is 127. The molecule has 1 unspecified atom stereocenters. The van der Waals surface area contributed by atoms with Crippen molar-refractivity contribution in [2.75, 3.05) is 39.5 Å². The Bertz CT molecular complexity index is 655. The number of sulfonamides is 1. The second kappa shape index (κ2) is 13.0. The number of aliphatic imine (C=N–C) groups is 1. The van der Waals surface area contributed by atoms with Crippen molar-refractivity contribution in [3.05, 3.63) is 24.3 Å². The third-order valence-electron chi connectivity index (χ3n) is 3.28. The number of rotatable bonds is 10. The van der Waals surface area contributed by atoms with E-state index in [0.717, 1.165) is 11.5 Å². The van der Waals surface area contributed by atoms with E-state index >= 15 is 0 Å². The number of guanidine groups is 1. The predicted octanol–water partition coefficient (Wildman–Crippen LogP) is 1.18. The fourth-order valence-corrected chi connectivity index (χ4v) is 2.52. The normalized spacial score (nSPS) is 12.7. The summed E-state index contributed by atoms with van der Waals surface area (Å²) in [6, 6.07) is 7.41. The summed E-state index contributed by atoms with van der Waals surface area (Å²) in [7, 11) is 0.0926. The number of hydrogen-bond donors (Lipinski definition) is 3. The Morgan fingerprint density at radius 1 is 1.23 bits per heavy atom. The Labute approximate surface area is 173 Å². The second-order valence-corrected chi connectivity index (χ2v) is 7.38. The number of nitrogens with one attached hydrogen (secondary N) is 3. The molecule has 1 atom stereocenters. The van der Waals surface area contributed by atoms with E-state index in [9.17, 15) is 8.42 Å². The van der Waals surface area contributed by atoms with Gasteiger partial charge in [-0.25, -0.2) is 13.1 Å². The second-order valence-electron chi connectivity index (χ2n) is 5.29. The molecule has 0 bridgehead atoms. The molecule has 0 heterocycles. The predicted molar refractivity (Wildman–Crippen MR) is 115 cm³/mol. The Morgan fingerprint density at radius 3 is 2.54 bits per heavy atom. The van der Waals surface area contributed by atoms with Gasteiger partial charge in [0.05, 0.1) is 19.4 Å². The highest BCUT2D eigenvalue weighted by molar-refractivity contribution is 14.0. The zero-order valence-corrected chi connectivity index (χ0v) is 18.8. The van der Waals surface area contributed by atoms with Crippen LogP contribution in [0.1, 0.15) is 13.8 Å². The number of benzene rings is 1. The quantitative estimate of drug-likeness (QED) is 0.193. The molecule has 0 amide bonds. The van der Waals surface area contributed by atoms with Crippen LogP contribution in [0.3, 0.4) is 0 Å². The third-order valence-corrected chi connectivity index (χ3v) is 4.68. The standard InChI is InChI=1S/C16H28N4O4S.HI/c1-5-25(21,22)20-10-9-18-16(17-3)19-12-13(2)24-15-8-6-7-14(11-15)23-4;/h6-8,11,13,20H,5,9-10,12H2,1-4H3,(H2,17,18,19);1H. The Kier molecular flexibility index (Phi) is 12.3. The minimum Gasteiger partial charge on any atom is -0.497 e. The van der Waals surface area contributed by atoms with Gasteiger partial charge in [0.15, 0.2) is 5.96 Å². The fourth-order valence-electron chi connectivity index (χ4n) is 1.90. The zero-order valence-electron chi connectivity index (χ0n) is 15.6. The lowest BCUT2D eigenvalue weighted by Gasteiger charge is -2.18. The van der Waals surface area contributed by atoms with Crippen LogP contribution in [0.25, 0.3) is 0 Å². The molecule has 10 heteroatoms. The van der Waals surface area contributed by atoms with Gasteiger partial charge in [-0.2, -0.15) is 0 Å². The van der Waals surface area contributed by atoms with Crippen LogP contribution in [0.5, 0.6) is 11.5 Å². The van der Waals surface area contributed by atoms with Gasteiger partial charge in [-0.3, -0.25) is 4.99 Å². The molecule has 3 N–H and O–H groups in total. The molecule has 0 aliphatic heterocycles. The van der Waals surface area contributed by atoms with Gasteiger partial charge in [0.2, 0.25) is 10.0 Å². The lowest BCUT2D eigenvalue weighted by atomic mass is 10.3. The molecular formula is C16H29IN4O4S. The fraction of sp³-hybridized carbons (Fsp3) is 0.562. The van der Waals surface area contributed by atoms with E-state index in [1.165, 1.54) is 0 Å². The van der Waals surface area contributed by atoms with Crippen molar-refractivity contribution >= 4 is 40.0 Å². The van der Waals surface area contributed by atoms with Crippen LogP contribution in [0.15, 0.2) is 29.3 Å². The van der Waals surface area contributed by atoms with E-state index < -0.39 is 10.0 Å². The largest absolute Gasteiger partial charge is 0.497 e. The number of nitrogens with zero attached hydrogens (tertiary/aromatic N) is 1. The van der Waals surface area contributed by atoms with Crippen molar-refractivity contribution < 1.29 is 17.9 Å². The maximum absolute atomic E-state index is 11.3. The third kappa shape index (κ3) is 10.0. The van der Waals surface area contributed by atoms with Crippen molar-refractivity contribution in [2.45, 2.75) is 20.0 Å². The van der Waals surface area contributed by atoms with E-state index in [1.54, 1.807) is 21.1 Å². The maximum atomic E-state index is 11.3. The van der Waals surface area contributed by atoms with E-state index in [1.807, 2.05) is 31.2 Å². The van der Waals surface area contributed by atoms with E-state index in [-0.39, 0.29) is 35.8 Å². The maximum Gasteiger partial charge on any atom is 0.211 e. The molecule has 26 heavy (non-hydrogen) atoms. The van der Waals surface area contributed by atoms with Crippen LogP contribution in [-0.2, 0) is 10.0 Å². The summed E-state index contributed by atoms with van der Waals surface area (Å²) in [6.07, 6.45) is -0.0933.